The van der Waals surface area contributed by atoms with Gasteiger partial charge in [0.1, 0.15) is 12.4 Å². The Bertz CT molecular complexity index is 406. The van der Waals surface area contributed by atoms with Crippen molar-refractivity contribution in [2.24, 2.45) is 0 Å². The van der Waals surface area contributed by atoms with Gasteiger partial charge in [0.15, 0.2) is 0 Å². The van der Waals surface area contributed by atoms with Gasteiger partial charge in [-0.2, -0.15) is 0 Å². The standard InChI is InChI=1S/C9H9NO2/c10-7-1-2-8-6(3-7)5-12-9(8)4-11/h1-3,5,11H,4,10H2. The van der Waals surface area contributed by atoms with Crippen LogP contribution in [-0.2, 0) is 6.61 Å². The van der Waals surface area contributed by atoms with Crippen LogP contribution in [0.2, 0.25) is 0 Å². The Morgan fingerprint density at radius 3 is 3.00 bits per heavy atom. The van der Waals surface area contributed by atoms with Crippen molar-refractivity contribution in [2.75, 3.05) is 5.73 Å². The van der Waals surface area contributed by atoms with Crippen molar-refractivity contribution in [1.82, 2.24) is 0 Å². The molecule has 0 aliphatic heterocycles. The zero-order chi connectivity index (χ0) is 8.55. The maximum atomic E-state index is 8.87. The van der Waals surface area contributed by atoms with E-state index in [1.165, 1.54) is 0 Å². The van der Waals surface area contributed by atoms with Crippen LogP contribution in [0.25, 0.3) is 10.8 Å². The second kappa shape index (κ2) is 2.53. The van der Waals surface area contributed by atoms with Gasteiger partial charge in [-0.05, 0) is 18.2 Å². The second-order valence-electron chi connectivity index (χ2n) is 2.66. The molecule has 12 heavy (non-hydrogen) atoms. The Morgan fingerprint density at radius 1 is 1.42 bits per heavy atom. The Labute approximate surface area is 69.4 Å². The van der Waals surface area contributed by atoms with Crippen LogP contribution >= 0.6 is 0 Å². The van der Waals surface area contributed by atoms with E-state index in [1.54, 1.807) is 12.3 Å². The number of rotatable bonds is 1. The number of benzene rings is 1. The van der Waals surface area contributed by atoms with Crippen molar-refractivity contribution in [3.8, 4) is 0 Å². The molecule has 0 atom stereocenters. The number of hydrogen-bond acceptors (Lipinski definition) is 3. The number of nitrogens with two attached hydrogens (primary N) is 1. The summed E-state index contributed by atoms with van der Waals surface area (Å²) in [5, 5.41) is 10.7. The monoisotopic (exact) mass is 163 g/mol. The van der Waals surface area contributed by atoms with E-state index in [0.717, 1.165) is 10.8 Å². The molecule has 2 aromatic rings. The highest BCUT2D eigenvalue weighted by Gasteiger charge is 2.03. The molecule has 3 nitrogen and oxygen atoms in total. The summed E-state index contributed by atoms with van der Waals surface area (Å²) in [5.41, 5.74) is 6.27. The second-order valence-corrected chi connectivity index (χ2v) is 2.66. The fourth-order valence-electron chi connectivity index (χ4n) is 1.25. The molecular weight excluding hydrogens is 154 g/mol. The fourth-order valence-corrected chi connectivity index (χ4v) is 1.25. The lowest BCUT2D eigenvalue weighted by molar-refractivity contribution is 0.249. The molecule has 1 aromatic heterocycles. The van der Waals surface area contributed by atoms with Crippen LogP contribution in [-0.4, -0.2) is 5.11 Å². The molecule has 0 radical (unpaired) electrons. The Balaban J connectivity index is 2.73. The molecule has 0 spiro atoms. The third kappa shape index (κ3) is 0.950. The van der Waals surface area contributed by atoms with Gasteiger partial charge in [-0.3, -0.25) is 0 Å². The van der Waals surface area contributed by atoms with Crippen LogP contribution in [0, 0.1) is 0 Å². The fraction of sp³-hybridized carbons (Fsp3) is 0.111. The smallest absolute Gasteiger partial charge is 0.136 e. The van der Waals surface area contributed by atoms with Crippen molar-refractivity contribution in [2.45, 2.75) is 6.61 Å². The number of fused-ring (bicyclic) bond motifs is 1. The number of hydrogen-bond donors (Lipinski definition) is 2. The predicted molar refractivity (Wildman–Crippen MR) is 46.5 cm³/mol. The first-order valence-corrected chi connectivity index (χ1v) is 3.67. The van der Waals surface area contributed by atoms with E-state index in [9.17, 15) is 0 Å². The maximum absolute atomic E-state index is 8.87. The van der Waals surface area contributed by atoms with Crippen LogP contribution in [0.4, 0.5) is 5.69 Å². The van der Waals surface area contributed by atoms with Gasteiger partial charge < -0.3 is 15.3 Å². The summed E-state index contributed by atoms with van der Waals surface area (Å²) >= 11 is 0. The minimum Gasteiger partial charge on any atom is -0.466 e. The van der Waals surface area contributed by atoms with Crippen LogP contribution in [0.5, 0.6) is 0 Å². The lowest BCUT2D eigenvalue weighted by Crippen LogP contribution is -1.83. The summed E-state index contributed by atoms with van der Waals surface area (Å²) in [6.07, 6.45) is 1.59. The van der Waals surface area contributed by atoms with Crippen molar-refractivity contribution in [3.05, 3.63) is 30.2 Å². The summed E-state index contributed by atoms with van der Waals surface area (Å²) in [6.45, 7) is -0.0760. The van der Waals surface area contributed by atoms with Gasteiger partial charge in [0, 0.05) is 16.5 Å². The van der Waals surface area contributed by atoms with E-state index in [-0.39, 0.29) is 6.61 Å². The number of nitrogen functional groups attached to an aromatic ring is 1. The van der Waals surface area contributed by atoms with Gasteiger partial charge in [0.2, 0.25) is 0 Å². The number of aliphatic hydroxyl groups excluding tert-OH is 1. The van der Waals surface area contributed by atoms with Crippen LogP contribution in [0.3, 0.4) is 0 Å². The molecule has 1 heterocycles. The minimum absolute atomic E-state index is 0.0760. The zero-order valence-corrected chi connectivity index (χ0v) is 6.45. The highest BCUT2D eigenvalue weighted by Crippen LogP contribution is 2.22. The van der Waals surface area contributed by atoms with E-state index < -0.39 is 0 Å². The molecule has 3 N–H and O–H groups in total. The predicted octanol–water partition coefficient (Wildman–Crippen LogP) is 1.51. The summed E-state index contributed by atoms with van der Waals surface area (Å²) in [6, 6.07) is 5.45. The Morgan fingerprint density at radius 2 is 2.25 bits per heavy atom. The molecule has 2 rings (SSSR count). The van der Waals surface area contributed by atoms with Gasteiger partial charge >= 0.3 is 0 Å². The van der Waals surface area contributed by atoms with E-state index in [4.69, 9.17) is 15.3 Å². The molecule has 0 bridgehead atoms. The maximum Gasteiger partial charge on any atom is 0.136 e. The van der Waals surface area contributed by atoms with Crippen LogP contribution in [0.1, 0.15) is 5.76 Å². The van der Waals surface area contributed by atoms with E-state index in [0.29, 0.717) is 11.4 Å². The lowest BCUT2D eigenvalue weighted by Gasteiger charge is -1.92. The largest absolute Gasteiger partial charge is 0.466 e. The van der Waals surface area contributed by atoms with Gasteiger partial charge in [0.25, 0.3) is 0 Å². The van der Waals surface area contributed by atoms with Gasteiger partial charge in [0.05, 0.1) is 6.26 Å². The molecule has 3 heteroatoms. The molecule has 0 saturated carbocycles. The average molecular weight is 163 g/mol. The number of anilines is 1. The average Bonchev–Trinajstić information content (AvgIpc) is 2.46. The van der Waals surface area contributed by atoms with Crippen LogP contribution < -0.4 is 5.73 Å². The van der Waals surface area contributed by atoms with Crippen LogP contribution in [0.15, 0.2) is 28.9 Å². The Hall–Kier alpha value is -1.48. The third-order valence-corrected chi connectivity index (χ3v) is 1.85. The molecule has 0 aliphatic carbocycles. The summed E-state index contributed by atoms with van der Waals surface area (Å²) in [4.78, 5) is 0. The van der Waals surface area contributed by atoms with Crippen molar-refractivity contribution < 1.29 is 9.52 Å². The van der Waals surface area contributed by atoms with E-state index in [1.807, 2.05) is 12.1 Å². The van der Waals surface area contributed by atoms with Crippen molar-refractivity contribution in [3.63, 3.8) is 0 Å². The first-order chi connectivity index (χ1) is 5.81. The molecule has 0 aliphatic rings. The lowest BCUT2D eigenvalue weighted by atomic mass is 10.2. The van der Waals surface area contributed by atoms with Crippen molar-refractivity contribution in [1.29, 1.82) is 0 Å². The quantitative estimate of drug-likeness (QED) is 0.626. The highest BCUT2D eigenvalue weighted by molar-refractivity contribution is 5.86. The summed E-state index contributed by atoms with van der Waals surface area (Å²) in [5.74, 6) is 0.588. The topological polar surface area (TPSA) is 59.4 Å². The Kier molecular flexibility index (Phi) is 1.52. The summed E-state index contributed by atoms with van der Waals surface area (Å²) < 4.78 is 5.11. The molecule has 0 saturated heterocycles. The van der Waals surface area contributed by atoms with E-state index >= 15 is 0 Å². The molecular formula is C9H9NO2. The zero-order valence-electron chi connectivity index (χ0n) is 6.45. The number of aliphatic hydroxyl groups is 1. The minimum atomic E-state index is -0.0760. The molecule has 0 unspecified atom stereocenters. The molecule has 0 amide bonds. The summed E-state index contributed by atoms with van der Waals surface area (Å²) in [7, 11) is 0. The van der Waals surface area contributed by atoms with Gasteiger partial charge in [-0.25, -0.2) is 0 Å². The normalized spacial score (nSPS) is 10.8. The van der Waals surface area contributed by atoms with Crippen molar-refractivity contribution >= 4 is 16.5 Å². The first-order valence-electron chi connectivity index (χ1n) is 3.67. The highest BCUT2D eigenvalue weighted by atomic mass is 16.4. The molecule has 0 fully saturated rings. The molecule has 1 aromatic carbocycles. The van der Waals surface area contributed by atoms with Gasteiger partial charge in [-0.15, -0.1) is 0 Å². The SMILES string of the molecule is Nc1ccc2c(CO)occ2c1. The molecule has 62 valence electrons. The number of furan rings is 1. The third-order valence-electron chi connectivity index (χ3n) is 1.85. The van der Waals surface area contributed by atoms with E-state index in [2.05, 4.69) is 0 Å². The first kappa shape index (κ1) is 7.18. The van der Waals surface area contributed by atoms with Gasteiger partial charge in [-0.1, -0.05) is 0 Å².